The fourth-order valence-corrected chi connectivity index (χ4v) is 1.75. The molecule has 0 radical (unpaired) electrons. The molecule has 0 aliphatic heterocycles. The lowest BCUT2D eigenvalue weighted by atomic mass is 10.1. The maximum Gasteiger partial charge on any atom is 0.248 e. The molecule has 0 heterocycles. The third-order valence-electron chi connectivity index (χ3n) is 2.79. The molecule has 0 aromatic heterocycles. The number of aliphatic hydroxyl groups is 1. The van der Waals surface area contributed by atoms with Crippen LogP contribution in [0.25, 0.3) is 0 Å². The molecule has 1 atom stereocenters. The van der Waals surface area contributed by atoms with Gasteiger partial charge in [-0.2, -0.15) is 0 Å². The highest BCUT2D eigenvalue weighted by Gasteiger charge is 2.11. The lowest BCUT2D eigenvalue weighted by molar-refractivity contribution is 0.100. The van der Waals surface area contributed by atoms with Crippen LogP contribution in [0.3, 0.4) is 0 Å². The van der Waals surface area contributed by atoms with Gasteiger partial charge in [-0.05, 0) is 49.4 Å². The molecule has 20 heavy (non-hydrogen) atoms. The summed E-state index contributed by atoms with van der Waals surface area (Å²) in [5.41, 5.74) is 5.86. The number of rotatable bonds is 4. The van der Waals surface area contributed by atoms with Crippen LogP contribution in [0.2, 0.25) is 0 Å². The SMILES string of the molecule is CC(O)c1cc(F)ccc1Oc1ccc(C(N)=O)cc1. The van der Waals surface area contributed by atoms with E-state index >= 15 is 0 Å². The number of benzene rings is 2. The molecular weight excluding hydrogens is 261 g/mol. The van der Waals surface area contributed by atoms with E-state index in [1.165, 1.54) is 37.3 Å². The van der Waals surface area contributed by atoms with Crippen LogP contribution in [-0.2, 0) is 0 Å². The molecular formula is C15H14FNO3. The van der Waals surface area contributed by atoms with Crippen molar-refractivity contribution in [2.24, 2.45) is 5.73 Å². The minimum Gasteiger partial charge on any atom is -0.457 e. The monoisotopic (exact) mass is 275 g/mol. The summed E-state index contributed by atoms with van der Waals surface area (Å²) in [6, 6.07) is 10.1. The van der Waals surface area contributed by atoms with Crippen molar-refractivity contribution in [2.45, 2.75) is 13.0 Å². The van der Waals surface area contributed by atoms with Crippen molar-refractivity contribution in [1.29, 1.82) is 0 Å². The van der Waals surface area contributed by atoms with E-state index < -0.39 is 17.8 Å². The van der Waals surface area contributed by atoms with Gasteiger partial charge in [0, 0.05) is 11.1 Å². The van der Waals surface area contributed by atoms with Gasteiger partial charge >= 0.3 is 0 Å². The number of carbonyl (C=O) groups is 1. The Hall–Kier alpha value is -2.40. The highest BCUT2D eigenvalue weighted by molar-refractivity contribution is 5.92. The maximum absolute atomic E-state index is 13.2. The van der Waals surface area contributed by atoms with E-state index in [1.54, 1.807) is 12.1 Å². The van der Waals surface area contributed by atoms with Crippen LogP contribution in [0.15, 0.2) is 42.5 Å². The van der Waals surface area contributed by atoms with E-state index in [2.05, 4.69) is 0 Å². The van der Waals surface area contributed by atoms with Gasteiger partial charge in [0.25, 0.3) is 0 Å². The van der Waals surface area contributed by atoms with Crippen molar-refractivity contribution < 1.29 is 19.0 Å². The predicted molar refractivity (Wildman–Crippen MR) is 72.1 cm³/mol. The highest BCUT2D eigenvalue weighted by atomic mass is 19.1. The molecule has 4 nitrogen and oxygen atoms in total. The molecule has 0 fully saturated rings. The quantitative estimate of drug-likeness (QED) is 0.901. The van der Waals surface area contributed by atoms with Gasteiger partial charge in [-0.1, -0.05) is 0 Å². The van der Waals surface area contributed by atoms with Gasteiger partial charge in [0.15, 0.2) is 0 Å². The lowest BCUT2D eigenvalue weighted by Crippen LogP contribution is -2.10. The third-order valence-corrected chi connectivity index (χ3v) is 2.79. The summed E-state index contributed by atoms with van der Waals surface area (Å²) in [6.07, 6.45) is -0.856. The van der Waals surface area contributed by atoms with Crippen LogP contribution in [-0.4, -0.2) is 11.0 Å². The number of amides is 1. The number of hydrogen-bond acceptors (Lipinski definition) is 3. The van der Waals surface area contributed by atoms with Crippen molar-refractivity contribution in [3.05, 3.63) is 59.4 Å². The fraction of sp³-hybridized carbons (Fsp3) is 0.133. The first-order valence-electron chi connectivity index (χ1n) is 6.02. The molecule has 1 unspecified atom stereocenters. The van der Waals surface area contributed by atoms with Gasteiger partial charge in [-0.3, -0.25) is 4.79 Å². The van der Waals surface area contributed by atoms with Gasteiger partial charge in [0.2, 0.25) is 5.91 Å². The van der Waals surface area contributed by atoms with Crippen molar-refractivity contribution in [1.82, 2.24) is 0 Å². The number of nitrogens with two attached hydrogens (primary N) is 1. The Labute approximate surface area is 115 Å². The van der Waals surface area contributed by atoms with E-state index in [0.717, 1.165) is 0 Å². The van der Waals surface area contributed by atoms with E-state index in [4.69, 9.17) is 10.5 Å². The smallest absolute Gasteiger partial charge is 0.248 e. The lowest BCUT2D eigenvalue weighted by Gasteiger charge is -2.13. The number of ether oxygens (including phenoxy) is 1. The minimum atomic E-state index is -0.856. The van der Waals surface area contributed by atoms with Crippen molar-refractivity contribution in [3.8, 4) is 11.5 Å². The van der Waals surface area contributed by atoms with Gasteiger partial charge in [-0.25, -0.2) is 4.39 Å². The number of carbonyl (C=O) groups excluding carboxylic acids is 1. The maximum atomic E-state index is 13.2. The second kappa shape index (κ2) is 5.71. The largest absolute Gasteiger partial charge is 0.457 e. The van der Waals surface area contributed by atoms with Gasteiger partial charge in [-0.15, -0.1) is 0 Å². The zero-order chi connectivity index (χ0) is 14.7. The topological polar surface area (TPSA) is 72.6 Å². The van der Waals surface area contributed by atoms with E-state index in [9.17, 15) is 14.3 Å². The van der Waals surface area contributed by atoms with Crippen LogP contribution in [0, 0.1) is 5.82 Å². The Kier molecular flexibility index (Phi) is 4.00. The van der Waals surface area contributed by atoms with Gasteiger partial charge < -0.3 is 15.6 Å². The normalized spacial score (nSPS) is 11.9. The molecule has 2 aromatic rings. The summed E-state index contributed by atoms with van der Waals surface area (Å²) in [5, 5.41) is 9.62. The molecule has 5 heteroatoms. The van der Waals surface area contributed by atoms with Crippen LogP contribution < -0.4 is 10.5 Å². The standard InChI is InChI=1S/C15H14FNO3/c1-9(18)13-8-11(16)4-7-14(13)20-12-5-2-10(3-6-12)15(17)19/h2-9,18H,1H3,(H2,17,19). The average molecular weight is 275 g/mol. The first-order chi connectivity index (χ1) is 9.47. The Morgan fingerprint density at radius 3 is 2.45 bits per heavy atom. The van der Waals surface area contributed by atoms with Crippen molar-refractivity contribution >= 4 is 5.91 Å². The highest BCUT2D eigenvalue weighted by Crippen LogP contribution is 2.30. The molecule has 3 N–H and O–H groups in total. The van der Waals surface area contributed by atoms with Crippen LogP contribution in [0.1, 0.15) is 28.9 Å². The minimum absolute atomic E-state index is 0.351. The van der Waals surface area contributed by atoms with Crippen LogP contribution >= 0.6 is 0 Å². The first kappa shape index (κ1) is 14.0. The number of halogens is 1. The molecule has 0 bridgehead atoms. The summed E-state index contributed by atoms with van der Waals surface area (Å²) < 4.78 is 18.8. The van der Waals surface area contributed by atoms with Crippen LogP contribution in [0.4, 0.5) is 4.39 Å². The molecule has 0 saturated heterocycles. The zero-order valence-corrected chi connectivity index (χ0v) is 10.8. The van der Waals surface area contributed by atoms with Crippen molar-refractivity contribution in [3.63, 3.8) is 0 Å². The Bertz CT molecular complexity index is 624. The Morgan fingerprint density at radius 1 is 1.25 bits per heavy atom. The van der Waals surface area contributed by atoms with Gasteiger partial charge in [0.1, 0.15) is 17.3 Å². The van der Waals surface area contributed by atoms with Crippen LogP contribution in [0.5, 0.6) is 11.5 Å². The molecule has 0 saturated carbocycles. The molecule has 2 rings (SSSR count). The predicted octanol–water partition coefficient (Wildman–Crippen LogP) is 2.77. The summed E-state index contributed by atoms with van der Waals surface area (Å²) in [4.78, 5) is 11.0. The second-order valence-corrected chi connectivity index (χ2v) is 4.35. The van der Waals surface area contributed by atoms with Crippen molar-refractivity contribution in [2.75, 3.05) is 0 Å². The van der Waals surface area contributed by atoms with Gasteiger partial charge in [0.05, 0.1) is 6.10 Å². The molecule has 2 aromatic carbocycles. The Balaban J connectivity index is 2.27. The summed E-state index contributed by atoms with van der Waals surface area (Å²) in [7, 11) is 0. The molecule has 1 amide bonds. The fourth-order valence-electron chi connectivity index (χ4n) is 1.75. The number of primary amides is 1. The third kappa shape index (κ3) is 3.13. The number of aliphatic hydroxyl groups excluding tert-OH is 1. The molecule has 0 spiro atoms. The molecule has 104 valence electrons. The molecule has 0 aliphatic rings. The number of hydrogen-bond donors (Lipinski definition) is 2. The summed E-state index contributed by atoms with van der Waals surface area (Å²) in [6.45, 7) is 1.53. The van der Waals surface area contributed by atoms with E-state index in [1.807, 2.05) is 0 Å². The average Bonchev–Trinajstić information content (AvgIpc) is 2.41. The van der Waals surface area contributed by atoms with E-state index in [-0.39, 0.29) is 0 Å². The van der Waals surface area contributed by atoms with E-state index in [0.29, 0.717) is 22.6 Å². The zero-order valence-electron chi connectivity index (χ0n) is 10.8. The molecule has 0 aliphatic carbocycles. The summed E-state index contributed by atoms with van der Waals surface area (Å²) >= 11 is 0. The second-order valence-electron chi connectivity index (χ2n) is 4.35. The summed E-state index contributed by atoms with van der Waals surface area (Å²) in [5.74, 6) is -0.155. The first-order valence-corrected chi connectivity index (χ1v) is 6.02. The Morgan fingerprint density at radius 2 is 1.90 bits per heavy atom.